The van der Waals surface area contributed by atoms with E-state index in [2.05, 4.69) is 37.1 Å². The quantitative estimate of drug-likeness (QED) is 0.612. The van der Waals surface area contributed by atoms with Crippen LogP contribution in [0.4, 0.5) is 5.69 Å². The number of carbonyl (C=O) groups excluding carboxylic acids is 1. The first kappa shape index (κ1) is 20.2. The molecule has 0 radical (unpaired) electrons. The highest BCUT2D eigenvalue weighted by molar-refractivity contribution is 6.06. The molecule has 3 aromatic rings. The molecule has 1 unspecified atom stereocenters. The highest BCUT2D eigenvalue weighted by atomic mass is 16.5. The normalized spacial score (nSPS) is 16.7. The zero-order chi connectivity index (χ0) is 21.3. The Hall–Kier alpha value is -3.08. The number of anilines is 1. The number of nitrogen functional groups attached to an aromatic ring is 1. The Bertz CT molecular complexity index is 1080. The molecule has 0 aliphatic carbocycles. The average molecular weight is 404 g/mol. The molecule has 3 N–H and O–H groups in total. The van der Waals surface area contributed by atoms with Crippen molar-refractivity contribution in [2.75, 3.05) is 12.3 Å². The predicted molar refractivity (Wildman–Crippen MR) is 121 cm³/mol. The first-order chi connectivity index (χ1) is 14.5. The Morgan fingerprint density at radius 3 is 2.80 bits per heavy atom. The van der Waals surface area contributed by atoms with Gasteiger partial charge in [-0.15, -0.1) is 0 Å². The summed E-state index contributed by atoms with van der Waals surface area (Å²) in [6.45, 7) is 7.24. The molecule has 0 fully saturated rings. The lowest BCUT2D eigenvalue weighted by atomic mass is 9.90. The van der Waals surface area contributed by atoms with Crippen molar-refractivity contribution in [2.24, 2.45) is 5.92 Å². The Balaban J connectivity index is 1.64. The highest BCUT2D eigenvalue weighted by Gasteiger charge is 2.25. The maximum Gasteiger partial charge on any atom is 0.255 e. The van der Waals surface area contributed by atoms with E-state index in [0.717, 1.165) is 35.1 Å². The van der Waals surface area contributed by atoms with Crippen molar-refractivity contribution in [1.29, 1.82) is 0 Å². The van der Waals surface area contributed by atoms with Crippen LogP contribution in [-0.4, -0.2) is 17.5 Å². The van der Waals surface area contributed by atoms with Crippen LogP contribution in [0, 0.1) is 5.92 Å². The van der Waals surface area contributed by atoms with Gasteiger partial charge in [-0.3, -0.25) is 9.78 Å². The van der Waals surface area contributed by atoms with Gasteiger partial charge in [0.15, 0.2) is 0 Å². The second kappa shape index (κ2) is 8.34. The minimum Gasteiger partial charge on any atom is -0.493 e. The van der Waals surface area contributed by atoms with Crippen molar-refractivity contribution < 1.29 is 9.53 Å². The summed E-state index contributed by atoms with van der Waals surface area (Å²) in [6.07, 6.45) is 3.41. The molecule has 2 heterocycles. The van der Waals surface area contributed by atoms with Crippen LogP contribution in [0.2, 0.25) is 0 Å². The van der Waals surface area contributed by atoms with Crippen LogP contribution in [0.25, 0.3) is 10.9 Å². The number of fused-ring (bicyclic) bond motifs is 2. The third-order valence-corrected chi connectivity index (χ3v) is 5.83. The number of amides is 1. The van der Waals surface area contributed by atoms with Crippen LogP contribution in [0.15, 0.2) is 48.7 Å². The maximum atomic E-state index is 13.1. The lowest BCUT2D eigenvalue weighted by Gasteiger charge is -2.26. The number of nitrogens with one attached hydrogen (secondary N) is 1. The van der Waals surface area contributed by atoms with Crippen LogP contribution in [0.5, 0.6) is 5.75 Å². The zero-order valence-electron chi connectivity index (χ0n) is 17.8. The number of hydrogen-bond acceptors (Lipinski definition) is 4. The molecule has 0 saturated carbocycles. The molecule has 2 aromatic carbocycles. The summed E-state index contributed by atoms with van der Waals surface area (Å²) in [5.41, 5.74) is 10.4. The van der Waals surface area contributed by atoms with Crippen LogP contribution >= 0.6 is 0 Å². The van der Waals surface area contributed by atoms with E-state index in [0.29, 0.717) is 29.7 Å². The monoisotopic (exact) mass is 403 g/mol. The van der Waals surface area contributed by atoms with Gasteiger partial charge in [0.05, 0.1) is 29.4 Å². The second-order valence-electron chi connectivity index (χ2n) is 8.56. The number of pyridine rings is 1. The van der Waals surface area contributed by atoms with Crippen molar-refractivity contribution >= 4 is 22.5 Å². The fraction of sp³-hybridized carbons (Fsp3) is 0.360. The molecule has 4 rings (SSSR count). The largest absolute Gasteiger partial charge is 0.493 e. The van der Waals surface area contributed by atoms with Crippen molar-refractivity contribution in [3.63, 3.8) is 0 Å². The van der Waals surface area contributed by atoms with E-state index < -0.39 is 0 Å². The molecule has 5 heteroatoms. The number of carbonyl (C=O) groups is 1. The summed E-state index contributed by atoms with van der Waals surface area (Å²) in [7, 11) is 0. The number of rotatable bonds is 5. The highest BCUT2D eigenvalue weighted by Crippen LogP contribution is 2.34. The van der Waals surface area contributed by atoms with Gasteiger partial charge < -0.3 is 15.8 Å². The van der Waals surface area contributed by atoms with Gasteiger partial charge in [0.2, 0.25) is 0 Å². The van der Waals surface area contributed by atoms with E-state index in [1.54, 1.807) is 6.20 Å². The molecule has 1 aliphatic heterocycles. The van der Waals surface area contributed by atoms with E-state index in [1.807, 2.05) is 36.4 Å². The van der Waals surface area contributed by atoms with E-state index >= 15 is 0 Å². The van der Waals surface area contributed by atoms with E-state index in [1.165, 1.54) is 5.56 Å². The molecule has 0 saturated heterocycles. The number of nitrogens with zero attached hydrogens (tertiary/aromatic N) is 1. The Morgan fingerprint density at radius 1 is 1.20 bits per heavy atom. The van der Waals surface area contributed by atoms with Gasteiger partial charge in [-0.05, 0) is 29.9 Å². The Kier molecular flexibility index (Phi) is 5.62. The van der Waals surface area contributed by atoms with Gasteiger partial charge in [-0.25, -0.2) is 0 Å². The topological polar surface area (TPSA) is 77.2 Å². The smallest absolute Gasteiger partial charge is 0.255 e. The number of ether oxygens (including phenoxy) is 1. The molecule has 1 aromatic heterocycles. The number of aromatic nitrogens is 1. The Labute approximate surface area is 177 Å². The fourth-order valence-electron chi connectivity index (χ4n) is 4.41. The number of para-hydroxylation sites is 2. The SMILES string of the molecule is CC(C)CC(C)c1cccc2c(N)c(C(=O)N[C@H]3CCOc4ccccc43)cnc12. The van der Waals surface area contributed by atoms with Crippen molar-refractivity contribution in [1.82, 2.24) is 10.3 Å². The molecular weight excluding hydrogens is 374 g/mol. The standard InChI is InChI=1S/C25H29N3O2/c1-15(2)13-16(3)17-8-6-9-19-23(26)20(14-27-24(17)19)25(29)28-21-11-12-30-22-10-5-4-7-18(21)22/h4-10,14-16,21H,11-13H2,1-3H3,(H2,26,27)(H,28,29)/t16?,21-/m0/s1. The summed E-state index contributed by atoms with van der Waals surface area (Å²) >= 11 is 0. The van der Waals surface area contributed by atoms with E-state index in [4.69, 9.17) is 10.5 Å². The molecule has 2 atom stereocenters. The van der Waals surface area contributed by atoms with E-state index in [-0.39, 0.29) is 11.9 Å². The predicted octanol–water partition coefficient (Wildman–Crippen LogP) is 5.22. The van der Waals surface area contributed by atoms with Crippen molar-refractivity contribution in [3.05, 3.63) is 65.4 Å². The average Bonchev–Trinajstić information content (AvgIpc) is 2.73. The summed E-state index contributed by atoms with van der Waals surface area (Å²) < 4.78 is 5.70. The first-order valence-electron chi connectivity index (χ1n) is 10.7. The molecule has 0 bridgehead atoms. The fourth-order valence-corrected chi connectivity index (χ4v) is 4.41. The van der Waals surface area contributed by atoms with Crippen LogP contribution < -0.4 is 15.8 Å². The molecule has 0 spiro atoms. The molecule has 1 aliphatic rings. The van der Waals surface area contributed by atoms with Crippen molar-refractivity contribution in [3.8, 4) is 5.75 Å². The second-order valence-corrected chi connectivity index (χ2v) is 8.56. The van der Waals surface area contributed by atoms with E-state index in [9.17, 15) is 4.79 Å². The third kappa shape index (κ3) is 3.84. The molecule has 30 heavy (non-hydrogen) atoms. The summed E-state index contributed by atoms with van der Waals surface area (Å²) in [6, 6.07) is 13.8. The maximum absolute atomic E-state index is 13.1. The third-order valence-electron chi connectivity index (χ3n) is 5.83. The van der Waals surface area contributed by atoms with Gasteiger partial charge >= 0.3 is 0 Å². The van der Waals surface area contributed by atoms with Gasteiger partial charge in [0.1, 0.15) is 5.75 Å². The van der Waals surface area contributed by atoms with Crippen molar-refractivity contribution in [2.45, 2.75) is 45.6 Å². The lowest BCUT2D eigenvalue weighted by molar-refractivity contribution is 0.0925. The van der Waals surface area contributed by atoms with Crippen LogP contribution in [-0.2, 0) is 0 Å². The summed E-state index contributed by atoms with van der Waals surface area (Å²) in [5.74, 6) is 1.59. The zero-order valence-corrected chi connectivity index (χ0v) is 17.8. The summed E-state index contributed by atoms with van der Waals surface area (Å²) in [5, 5.41) is 3.96. The summed E-state index contributed by atoms with van der Waals surface area (Å²) in [4.78, 5) is 17.7. The molecule has 156 valence electrons. The molecular formula is C25H29N3O2. The van der Waals surface area contributed by atoms with Crippen LogP contribution in [0.1, 0.15) is 67.1 Å². The first-order valence-corrected chi connectivity index (χ1v) is 10.7. The van der Waals surface area contributed by atoms with Gasteiger partial charge in [0, 0.05) is 23.6 Å². The molecule has 1 amide bonds. The van der Waals surface area contributed by atoms with Gasteiger partial charge in [0.25, 0.3) is 5.91 Å². The minimum atomic E-state index is -0.204. The number of benzene rings is 2. The lowest BCUT2D eigenvalue weighted by Crippen LogP contribution is -2.32. The van der Waals surface area contributed by atoms with Gasteiger partial charge in [-0.2, -0.15) is 0 Å². The Morgan fingerprint density at radius 2 is 2.00 bits per heavy atom. The number of nitrogens with two attached hydrogens (primary N) is 1. The number of hydrogen-bond donors (Lipinski definition) is 2. The van der Waals surface area contributed by atoms with Crippen LogP contribution in [0.3, 0.4) is 0 Å². The molecule has 5 nitrogen and oxygen atoms in total. The van der Waals surface area contributed by atoms with Gasteiger partial charge in [-0.1, -0.05) is 57.2 Å². The minimum absolute atomic E-state index is 0.102.